The van der Waals surface area contributed by atoms with Gasteiger partial charge < -0.3 is 9.30 Å². The highest BCUT2D eigenvalue weighted by molar-refractivity contribution is 5.76. The molecule has 1 fully saturated rings. The second-order valence-electron chi connectivity index (χ2n) is 4.25. The van der Waals surface area contributed by atoms with Crippen LogP contribution in [0.5, 0.6) is 0 Å². The first-order chi connectivity index (χ1) is 8.40. The number of hydrogen-bond acceptors (Lipinski definition) is 2. The maximum atomic E-state index is 5.70. The van der Waals surface area contributed by atoms with E-state index in [2.05, 4.69) is 21.5 Å². The first-order valence-corrected chi connectivity index (χ1v) is 5.90. The number of fused-ring (bicyclic) bond motifs is 1. The van der Waals surface area contributed by atoms with Crippen LogP contribution in [0.4, 0.5) is 0 Å². The molecule has 3 nitrogen and oxygen atoms in total. The van der Waals surface area contributed by atoms with E-state index < -0.39 is 0 Å². The zero-order valence-corrected chi connectivity index (χ0v) is 9.60. The van der Waals surface area contributed by atoms with Gasteiger partial charge in [0.05, 0.1) is 17.6 Å². The van der Waals surface area contributed by atoms with Gasteiger partial charge in [-0.1, -0.05) is 18.1 Å². The molecule has 1 aliphatic rings. The van der Waals surface area contributed by atoms with Crippen LogP contribution in [0.15, 0.2) is 24.3 Å². The van der Waals surface area contributed by atoms with Gasteiger partial charge in [0.25, 0.3) is 0 Å². The minimum atomic E-state index is 0.107. The lowest BCUT2D eigenvalue weighted by Crippen LogP contribution is -2.07. The van der Waals surface area contributed by atoms with Gasteiger partial charge in [0.2, 0.25) is 0 Å². The van der Waals surface area contributed by atoms with Crippen LogP contribution in [0, 0.1) is 12.3 Å². The topological polar surface area (TPSA) is 27.1 Å². The number of ether oxygens (including phenoxy) is 1. The number of benzene rings is 1. The van der Waals surface area contributed by atoms with Crippen LogP contribution in [0.2, 0.25) is 0 Å². The van der Waals surface area contributed by atoms with E-state index in [0.29, 0.717) is 6.54 Å². The fourth-order valence-corrected chi connectivity index (χ4v) is 2.38. The summed E-state index contributed by atoms with van der Waals surface area (Å²) in [6, 6.07) is 8.07. The molecule has 17 heavy (non-hydrogen) atoms. The summed E-state index contributed by atoms with van der Waals surface area (Å²) in [5.41, 5.74) is 2.09. The first-order valence-electron chi connectivity index (χ1n) is 5.90. The molecule has 0 N–H and O–H groups in total. The summed E-state index contributed by atoms with van der Waals surface area (Å²) in [7, 11) is 0. The average Bonchev–Trinajstić information content (AvgIpc) is 2.97. The van der Waals surface area contributed by atoms with Gasteiger partial charge >= 0.3 is 0 Å². The number of aromatic nitrogens is 2. The van der Waals surface area contributed by atoms with E-state index in [0.717, 1.165) is 36.3 Å². The van der Waals surface area contributed by atoms with Crippen LogP contribution in [-0.4, -0.2) is 16.2 Å². The monoisotopic (exact) mass is 226 g/mol. The summed E-state index contributed by atoms with van der Waals surface area (Å²) in [6.45, 7) is 1.37. The predicted molar refractivity (Wildman–Crippen MR) is 66.5 cm³/mol. The number of nitrogens with zero attached hydrogens (tertiary/aromatic N) is 2. The van der Waals surface area contributed by atoms with E-state index in [4.69, 9.17) is 11.2 Å². The molecule has 0 spiro atoms. The van der Waals surface area contributed by atoms with Crippen molar-refractivity contribution in [3.8, 4) is 12.3 Å². The molecule has 0 amide bonds. The van der Waals surface area contributed by atoms with Gasteiger partial charge in [0.1, 0.15) is 11.9 Å². The Hall–Kier alpha value is -1.79. The molecular weight excluding hydrogens is 212 g/mol. The van der Waals surface area contributed by atoms with Gasteiger partial charge in [-0.2, -0.15) is 0 Å². The van der Waals surface area contributed by atoms with Gasteiger partial charge in [0.15, 0.2) is 0 Å². The van der Waals surface area contributed by atoms with Crippen LogP contribution in [0.3, 0.4) is 0 Å². The maximum absolute atomic E-state index is 5.70. The standard InChI is InChI=1S/C14H14N2O/c1-2-9-16-12-7-4-3-6-11(12)15-14(16)13-8-5-10-17-13/h1,3-4,6-7,13H,5,8-10H2/t13-/m1/s1. The average molecular weight is 226 g/mol. The van der Waals surface area contributed by atoms with Gasteiger partial charge in [-0.05, 0) is 25.0 Å². The summed E-state index contributed by atoms with van der Waals surface area (Å²) in [6.07, 6.45) is 7.68. The lowest BCUT2D eigenvalue weighted by atomic mass is 10.2. The molecule has 0 aliphatic carbocycles. The molecule has 1 aliphatic heterocycles. The highest BCUT2D eigenvalue weighted by Gasteiger charge is 2.23. The molecule has 2 aromatic rings. The third-order valence-corrected chi connectivity index (χ3v) is 3.15. The Morgan fingerprint density at radius 1 is 1.47 bits per heavy atom. The van der Waals surface area contributed by atoms with E-state index in [-0.39, 0.29) is 6.10 Å². The van der Waals surface area contributed by atoms with Crippen molar-refractivity contribution in [3.05, 3.63) is 30.1 Å². The number of hydrogen-bond donors (Lipinski definition) is 0. The number of terminal acetylenes is 1. The van der Waals surface area contributed by atoms with E-state index in [1.807, 2.05) is 18.2 Å². The highest BCUT2D eigenvalue weighted by Crippen LogP contribution is 2.30. The van der Waals surface area contributed by atoms with Crippen LogP contribution < -0.4 is 0 Å². The molecular formula is C14H14N2O. The van der Waals surface area contributed by atoms with Crippen molar-refractivity contribution in [2.45, 2.75) is 25.5 Å². The molecule has 0 radical (unpaired) electrons. The van der Waals surface area contributed by atoms with E-state index in [9.17, 15) is 0 Å². The van der Waals surface area contributed by atoms with Crippen LogP contribution in [-0.2, 0) is 11.3 Å². The summed E-state index contributed by atoms with van der Waals surface area (Å²) in [5, 5.41) is 0. The minimum absolute atomic E-state index is 0.107. The van der Waals surface area contributed by atoms with Gasteiger partial charge in [-0.3, -0.25) is 0 Å². The Labute approximate surface area is 100 Å². The molecule has 0 saturated carbocycles. The first kappa shape index (κ1) is 10.4. The van der Waals surface area contributed by atoms with Crippen molar-refractivity contribution >= 4 is 11.0 Å². The summed E-state index contributed by atoms with van der Waals surface area (Å²) < 4.78 is 7.79. The van der Waals surface area contributed by atoms with Gasteiger partial charge in [-0.15, -0.1) is 6.42 Å². The molecule has 0 bridgehead atoms. The quantitative estimate of drug-likeness (QED) is 0.736. The van der Waals surface area contributed by atoms with Crippen LogP contribution >= 0.6 is 0 Å². The Kier molecular flexibility index (Phi) is 2.58. The summed E-state index contributed by atoms with van der Waals surface area (Å²) in [4.78, 5) is 4.66. The van der Waals surface area contributed by atoms with E-state index in [1.165, 1.54) is 0 Å². The van der Waals surface area contributed by atoms with Crippen LogP contribution in [0.25, 0.3) is 11.0 Å². The van der Waals surface area contributed by atoms with Gasteiger partial charge in [-0.25, -0.2) is 4.98 Å². The van der Waals surface area contributed by atoms with Gasteiger partial charge in [0, 0.05) is 6.61 Å². The number of para-hydroxylation sites is 2. The third kappa shape index (κ3) is 1.71. The van der Waals surface area contributed by atoms with Crippen molar-refractivity contribution in [1.82, 2.24) is 9.55 Å². The fraction of sp³-hybridized carbons (Fsp3) is 0.357. The Morgan fingerprint density at radius 3 is 3.12 bits per heavy atom. The zero-order valence-electron chi connectivity index (χ0n) is 9.60. The normalized spacial score (nSPS) is 19.6. The Balaban J connectivity index is 2.15. The molecule has 3 rings (SSSR count). The van der Waals surface area contributed by atoms with E-state index >= 15 is 0 Å². The fourth-order valence-electron chi connectivity index (χ4n) is 2.38. The van der Waals surface area contributed by atoms with Crippen LogP contribution in [0.1, 0.15) is 24.8 Å². The van der Waals surface area contributed by atoms with Crippen molar-refractivity contribution in [2.75, 3.05) is 6.61 Å². The largest absolute Gasteiger partial charge is 0.370 e. The third-order valence-electron chi connectivity index (χ3n) is 3.15. The molecule has 86 valence electrons. The van der Waals surface area contributed by atoms with Crippen molar-refractivity contribution < 1.29 is 4.74 Å². The molecule has 1 saturated heterocycles. The van der Waals surface area contributed by atoms with E-state index in [1.54, 1.807) is 0 Å². The minimum Gasteiger partial charge on any atom is -0.370 e. The second-order valence-corrected chi connectivity index (χ2v) is 4.25. The summed E-state index contributed by atoms with van der Waals surface area (Å²) >= 11 is 0. The number of imidazole rings is 1. The molecule has 1 atom stereocenters. The predicted octanol–water partition coefficient (Wildman–Crippen LogP) is 2.52. The van der Waals surface area contributed by atoms with Crippen molar-refractivity contribution in [1.29, 1.82) is 0 Å². The molecule has 1 aromatic heterocycles. The van der Waals surface area contributed by atoms with Crippen molar-refractivity contribution in [3.63, 3.8) is 0 Å². The zero-order chi connectivity index (χ0) is 11.7. The second kappa shape index (κ2) is 4.23. The Morgan fingerprint density at radius 2 is 2.35 bits per heavy atom. The number of rotatable bonds is 2. The molecule has 3 heteroatoms. The SMILES string of the molecule is C#CCn1c([C@H]2CCCO2)nc2ccccc21. The maximum Gasteiger partial charge on any atom is 0.140 e. The lowest BCUT2D eigenvalue weighted by Gasteiger charge is -2.10. The Bertz CT molecular complexity index is 573. The lowest BCUT2D eigenvalue weighted by molar-refractivity contribution is 0.103. The summed E-state index contributed by atoms with van der Waals surface area (Å²) in [5.74, 6) is 3.67. The molecule has 2 heterocycles. The highest BCUT2D eigenvalue weighted by atomic mass is 16.5. The smallest absolute Gasteiger partial charge is 0.140 e. The van der Waals surface area contributed by atoms with Crippen molar-refractivity contribution in [2.24, 2.45) is 0 Å². The molecule has 1 aromatic carbocycles. The molecule has 0 unspecified atom stereocenters.